The molecule has 0 aliphatic carbocycles. The Kier molecular flexibility index (Phi) is 4.44. The summed E-state index contributed by atoms with van der Waals surface area (Å²) in [5.74, 6) is 0.140. The summed E-state index contributed by atoms with van der Waals surface area (Å²) in [6.45, 7) is 0.726. The molecule has 7 heteroatoms. The molecule has 2 aromatic carbocycles. The molecule has 0 saturated heterocycles. The lowest BCUT2D eigenvalue weighted by molar-refractivity contribution is -0.119. The van der Waals surface area contributed by atoms with Crippen LogP contribution in [0.5, 0.6) is 0 Å². The number of thioether (sulfide) groups is 1. The van der Waals surface area contributed by atoms with Crippen LogP contribution in [0.1, 0.15) is 24.0 Å². The Labute approximate surface area is 157 Å². The van der Waals surface area contributed by atoms with Crippen LogP contribution in [0.25, 0.3) is 0 Å². The van der Waals surface area contributed by atoms with Crippen LogP contribution in [0.2, 0.25) is 0 Å². The number of carbonyl (C=O) groups excluding carboxylic acids is 1. The van der Waals surface area contributed by atoms with Gasteiger partial charge in [-0.2, -0.15) is 0 Å². The number of benzene rings is 2. The summed E-state index contributed by atoms with van der Waals surface area (Å²) in [7, 11) is -3.69. The predicted molar refractivity (Wildman–Crippen MR) is 104 cm³/mol. The van der Waals surface area contributed by atoms with Crippen molar-refractivity contribution in [1.29, 1.82) is 0 Å². The first-order valence-corrected chi connectivity index (χ1v) is 11.3. The maximum Gasteiger partial charge on any atom is 0.261 e. The third-order valence-corrected chi connectivity index (χ3v) is 7.05. The molecule has 2 heterocycles. The highest BCUT2D eigenvalue weighted by Gasteiger charge is 2.31. The summed E-state index contributed by atoms with van der Waals surface area (Å²) in [5.41, 5.74) is 3.44. The van der Waals surface area contributed by atoms with E-state index < -0.39 is 10.0 Å². The molecule has 2 aliphatic heterocycles. The van der Waals surface area contributed by atoms with Crippen molar-refractivity contribution < 1.29 is 13.2 Å². The zero-order valence-electron chi connectivity index (χ0n) is 14.5. The maximum absolute atomic E-state index is 13.0. The predicted octanol–water partition coefficient (Wildman–Crippen LogP) is 3.43. The lowest BCUT2D eigenvalue weighted by Gasteiger charge is -2.35. The van der Waals surface area contributed by atoms with Gasteiger partial charge in [0.2, 0.25) is 5.91 Å². The van der Waals surface area contributed by atoms with Gasteiger partial charge in [-0.05, 0) is 60.9 Å². The van der Waals surface area contributed by atoms with Crippen LogP contribution in [-0.4, -0.2) is 27.1 Å². The zero-order valence-corrected chi connectivity index (χ0v) is 16.1. The second-order valence-corrected chi connectivity index (χ2v) is 9.08. The van der Waals surface area contributed by atoms with E-state index in [9.17, 15) is 13.2 Å². The molecule has 0 radical (unpaired) electrons. The zero-order chi connectivity index (χ0) is 18.3. The minimum atomic E-state index is -3.69. The highest BCUT2D eigenvalue weighted by Crippen LogP contribution is 2.38. The lowest BCUT2D eigenvalue weighted by Crippen LogP contribution is -2.39. The van der Waals surface area contributed by atoms with Crippen LogP contribution < -0.4 is 9.62 Å². The van der Waals surface area contributed by atoms with E-state index in [0.717, 1.165) is 41.1 Å². The van der Waals surface area contributed by atoms with Gasteiger partial charge in [-0.1, -0.05) is 12.1 Å². The summed E-state index contributed by atoms with van der Waals surface area (Å²) >= 11 is 1.50. The largest absolute Gasteiger partial charge is 0.312 e. The fourth-order valence-corrected chi connectivity index (χ4v) is 5.51. The van der Waals surface area contributed by atoms with E-state index in [2.05, 4.69) is 4.72 Å². The number of anilines is 2. The van der Waals surface area contributed by atoms with Crippen molar-refractivity contribution in [3.05, 3.63) is 47.5 Å². The first-order chi connectivity index (χ1) is 12.5. The lowest BCUT2D eigenvalue weighted by atomic mass is 9.92. The fourth-order valence-electron chi connectivity index (χ4n) is 3.71. The maximum atomic E-state index is 13.0. The molecule has 5 nitrogen and oxygen atoms in total. The number of nitrogens with zero attached hydrogens (tertiary/aromatic N) is 1. The number of amides is 1. The molecule has 1 amide bonds. The molecule has 4 rings (SSSR count). The van der Waals surface area contributed by atoms with Gasteiger partial charge in [-0.3, -0.25) is 9.52 Å². The van der Waals surface area contributed by atoms with Crippen molar-refractivity contribution in [1.82, 2.24) is 0 Å². The minimum absolute atomic E-state index is 0.140. The van der Waals surface area contributed by atoms with E-state index in [1.54, 1.807) is 18.2 Å². The molecule has 0 spiro atoms. The molecule has 26 heavy (non-hydrogen) atoms. The summed E-state index contributed by atoms with van der Waals surface area (Å²) < 4.78 is 28.7. The SMILES string of the molecule is CSc1ccccc1NS(=O)(=O)c1cc2c3c(c1)CCC(=O)N3CCC2. The van der Waals surface area contributed by atoms with Gasteiger partial charge in [0.05, 0.1) is 16.3 Å². The summed E-state index contributed by atoms with van der Waals surface area (Å²) in [4.78, 5) is 15.1. The average molecular weight is 389 g/mol. The number of sulfonamides is 1. The van der Waals surface area contributed by atoms with E-state index in [-0.39, 0.29) is 10.8 Å². The van der Waals surface area contributed by atoms with Crippen molar-refractivity contribution in [2.75, 3.05) is 22.4 Å². The Hall–Kier alpha value is -1.99. The van der Waals surface area contributed by atoms with Crippen molar-refractivity contribution in [2.45, 2.75) is 35.5 Å². The number of hydrogen-bond donors (Lipinski definition) is 1. The minimum Gasteiger partial charge on any atom is -0.312 e. The molecule has 0 bridgehead atoms. The van der Waals surface area contributed by atoms with E-state index in [4.69, 9.17) is 0 Å². The van der Waals surface area contributed by atoms with Crippen LogP contribution in [-0.2, 0) is 27.7 Å². The molecule has 1 N–H and O–H groups in total. The first-order valence-electron chi connectivity index (χ1n) is 8.61. The van der Waals surface area contributed by atoms with Crippen molar-refractivity contribution in [3.63, 3.8) is 0 Å². The van der Waals surface area contributed by atoms with E-state index >= 15 is 0 Å². The second kappa shape index (κ2) is 6.63. The molecule has 0 saturated carbocycles. The van der Waals surface area contributed by atoms with Crippen LogP contribution in [0.15, 0.2) is 46.2 Å². The normalized spacial score (nSPS) is 16.3. The molecule has 0 aromatic heterocycles. The Morgan fingerprint density at radius 1 is 1.08 bits per heavy atom. The molecule has 0 unspecified atom stereocenters. The molecule has 136 valence electrons. The molecule has 2 aromatic rings. The van der Waals surface area contributed by atoms with Gasteiger partial charge in [0.25, 0.3) is 10.0 Å². The Morgan fingerprint density at radius 3 is 2.58 bits per heavy atom. The topological polar surface area (TPSA) is 66.5 Å². The monoisotopic (exact) mass is 388 g/mol. The van der Waals surface area contributed by atoms with E-state index in [1.807, 2.05) is 29.4 Å². The molecule has 0 fully saturated rings. The quantitative estimate of drug-likeness (QED) is 0.815. The Balaban J connectivity index is 1.75. The van der Waals surface area contributed by atoms with Gasteiger partial charge in [0.15, 0.2) is 0 Å². The third-order valence-electron chi connectivity index (χ3n) is 4.91. The van der Waals surface area contributed by atoms with Crippen molar-refractivity contribution in [2.24, 2.45) is 0 Å². The van der Waals surface area contributed by atoms with E-state index in [0.29, 0.717) is 18.5 Å². The van der Waals surface area contributed by atoms with E-state index in [1.165, 1.54) is 11.8 Å². The first kappa shape index (κ1) is 17.4. The van der Waals surface area contributed by atoms with Gasteiger partial charge < -0.3 is 4.90 Å². The fraction of sp³-hybridized carbons (Fsp3) is 0.316. The summed E-state index contributed by atoms with van der Waals surface area (Å²) in [6, 6.07) is 10.8. The van der Waals surface area contributed by atoms with Crippen LogP contribution in [0, 0.1) is 0 Å². The van der Waals surface area contributed by atoms with Crippen molar-refractivity contribution >= 4 is 39.1 Å². The highest BCUT2D eigenvalue weighted by molar-refractivity contribution is 7.99. The molecule has 0 atom stereocenters. The second-order valence-electron chi connectivity index (χ2n) is 6.54. The van der Waals surface area contributed by atoms with Crippen LogP contribution in [0.4, 0.5) is 11.4 Å². The Bertz CT molecular complexity index is 969. The van der Waals surface area contributed by atoms with Crippen molar-refractivity contribution in [3.8, 4) is 0 Å². The number of rotatable bonds is 4. The number of aryl methyl sites for hydroxylation is 2. The molecular formula is C19H20N2O3S2. The van der Waals surface area contributed by atoms with Gasteiger partial charge in [-0.25, -0.2) is 8.42 Å². The van der Waals surface area contributed by atoms with Gasteiger partial charge >= 0.3 is 0 Å². The molecular weight excluding hydrogens is 368 g/mol. The number of hydrogen-bond acceptors (Lipinski definition) is 4. The third kappa shape index (κ3) is 2.99. The van der Waals surface area contributed by atoms with Gasteiger partial charge in [0.1, 0.15) is 0 Å². The number of carbonyl (C=O) groups is 1. The highest BCUT2D eigenvalue weighted by atomic mass is 32.2. The van der Waals surface area contributed by atoms with Crippen LogP contribution in [0.3, 0.4) is 0 Å². The van der Waals surface area contributed by atoms with Gasteiger partial charge in [0, 0.05) is 17.9 Å². The standard InChI is InChI=1S/C19H20N2O3S2/c1-25-17-7-3-2-6-16(17)20-26(23,24)15-11-13-5-4-10-21-18(22)9-8-14(12-15)19(13)21/h2-3,6-7,11-12,20H,4-5,8-10H2,1H3. The molecule has 2 aliphatic rings. The van der Waals surface area contributed by atoms with Crippen LogP contribution >= 0.6 is 11.8 Å². The average Bonchev–Trinajstić information content (AvgIpc) is 2.64. The number of para-hydroxylation sites is 1. The summed E-state index contributed by atoms with van der Waals surface area (Å²) in [5, 5.41) is 0. The number of nitrogens with one attached hydrogen (secondary N) is 1. The smallest absolute Gasteiger partial charge is 0.261 e. The van der Waals surface area contributed by atoms with Gasteiger partial charge in [-0.15, -0.1) is 11.8 Å². The Morgan fingerprint density at radius 2 is 1.81 bits per heavy atom. The summed E-state index contributed by atoms with van der Waals surface area (Å²) in [6.07, 6.45) is 4.63.